The van der Waals surface area contributed by atoms with Crippen molar-refractivity contribution in [2.45, 2.75) is 43.9 Å². The van der Waals surface area contributed by atoms with Gasteiger partial charge in [0.25, 0.3) is 0 Å². The molecule has 1 saturated carbocycles. The first-order valence-electron chi connectivity index (χ1n) is 10.7. The van der Waals surface area contributed by atoms with Crippen LogP contribution in [0.3, 0.4) is 0 Å². The molecular formula is C21H21F3N10. The minimum atomic E-state index is -4.55. The number of nitrogens with zero attached hydrogens (tertiary/aromatic N) is 7. The van der Waals surface area contributed by atoms with Gasteiger partial charge in [0.15, 0.2) is 17.2 Å². The summed E-state index contributed by atoms with van der Waals surface area (Å²) >= 11 is 0. The van der Waals surface area contributed by atoms with Gasteiger partial charge in [0.1, 0.15) is 5.82 Å². The lowest BCUT2D eigenvalue weighted by Crippen LogP contribution is -2.33. The van der Waals surface area contributed by atoms with E-state index in [0.29, 0.717) is 29.1 Å². The molecule has 0 unspecified atom stereocenters. The lowest BCUT2D eigenvalue weighted by Gasteiger charge is -2.27. The fourth-order valence-electron chi connectivity index (χ4n) is 3.80. The summed E-state index contributed by atoms with van der Waals surface area (Å²) in [5.74, 6) is 1.00. The van der Waals surface area contributed by atoms with Crippen LogP contribution in [-0.2, 0) is 6.18 Å². The van der Waals surface area contributed by atoms with Crippen molar-refractivity contribution < 1.29 is 13.2 Å². The number of nitrogens with two attached hydrogens (primary N) is 1. The fourth-order valence-corrected chi connectivity index (χ4v) is 3.80. The maximum absolute atomic E-state index is 12.6. The number of alkyl halides is 3. The van der Waals surface area contributed by atoms with Crippen molar-refractivity contribution in [2.24, 2.45) is 5.73 Å². The Morgan fingerprint density at radius 3 is 2.29 bits per heavy atom. The zero-order valence-electron chi connectivity index (χ0n) is 17.9. The Hall–Kier alpha value is -3.87. The van der Waals surface area contributed by atoms with Crippen LogP contribution in [0.25, 0.3) is 16.9 Å². The summed E-state index contributed by atoms with van der Waals surface area (Å²) in [4.78, 5) is 19.9. The van der Waals surface area contributed by atoms with Crippen LogP contribution in [0.4, 0.5) is 30.8 Å². The number of nitrogens with one attached hydrogen (secondary N) is 2. The van der Waals surface area contributed by atoms with E-state index in [1.807, 2.05) is 12.1 Å². The number of aromatic nitrogens is 7. The SMILES string of the molecule is NC1CCC(Nc2ccc3ncc(-c4cnc(Nc5cnc(C(F)(F)F)cn5)nc4)n3n2)CC1. The first kappa shape index (κ1) is 21.9. The molecule has 4 heterocycles. The van der Waals surface area contributed by atoms with Gasteiger partial charge in [0.2, 0.25) is 5.95 Å². The van der Waals surface area contributed by atoms with E-state index in [0.717, 1.165) is 37.7 Å². The largest absolute Gasteiger partial charge is 0.434 e. The Labute approximate surface area is 191 Å². The van der Waals surface area contributed by atoms with Crippen LogP contribution < -0.4 is 16.4 Å². The number of fused-ring (bicyclic) bond motifs is 1. The number of anilines is 3. The summed E-state index contributed by atoms with van der Waals surface area (Å²) in [6.07, 6.45) is 5.88. The van der Waals surface area contributed by atoms with Crippen molar-refractivity contribution in [3.05, 3.63) is 48.8 Å². The van der Waals surface area contributed by atoms with Gasteiger partial charge in [-0.15, -0.1) is 5.10 Å². The lowest BCUT2D eigenvalue weighted by atomic mass is 9.92. The smallest absolute Gasteiger partial charge is 0.366 e. The molecule has 1 aliphatic rings. The second-order valence-corrected chi connectivity index (χ2v) is 8.09. The van der Waals surface area contributed by atoms with E-state index >= 15 is 0 Å². The molecule has 10 nitrogen and oxygen atoms in total. The molecule has 0 aromatic carbocycles. The van der Waals surface area contributed by atoms with Crippen molar-refractivity contribution in [3.8, 4) is 11.3 Å². The molecule has 4 aromatic rings. The Morgan fingerprint density at radius 1 is 0.853 bits per heavy atom. The average molecular weight is 470 g/mol. The molecular weight excluding hydrogens is 449 g/mol. The van der Waals surface area contributed by atoms with Crippen molar-refractivity contribution in [1.29, 1.82) is 0 Å². The van der Waals surface area contributed by atoms with Crippen molar-refractivity contribution in [3.63, 3.8) is 0 Å². The lowest BCUT2D eigenvalue weighted by molar-refractivity contribution is -0.141. The van der Waals surface area contributed by atoms with Crippen LogP contribution in [0.15, 0.2) is 43.1 Å². The molecule has 13 heteroatoms. The van der Waals surface area contributed by atoms with Gasteiger partial charge in [-0.25, -0.2) is 29.4 Å². The van der Waals surface area contributed by atoms with E-state index in [1.165, 1.54) is 0 Å². The number of halogens is 3. The molecule has 0 spiro atoms. The van der Waals surface area contributed by atoms with Gasteiger partial charge in [-0.2, -0.15) is 13.2 Å². The third-order valence-corrected chi connectivity index (χ3v) is 5.62. The standard InChI is InChI=1S/C21H21F3N10/c22-21(23,24)16-10-27-18(11-26-16)32-20-29-7-12(8-30-20)15-9-28-19-6-5-17(33-34(15)19)31-14-3-1-13(25)2-4-14/h5-11,13-14H,1-4,25H2,(H,31,33)(H,27,29,30,32). The van der Waals surface area contributed by atoms with Gasteiger partial charge >= 0.3 is 6.18 Å². The van der Waals surface area contributed by atoms with Crippen LogP contribution in [-0.4, -0.2) is 46.6 Å². The molecule has 0 atom stereocenters. The van der Waals surface area contributed by atoms with Crippen molar-refractivity contribution in [1.82, 2.24) is 34.5 Å². The minimum Gasteiger partial charge on any atom is -0.366 e. The highest BCUT2D eigenvalue weighted by Crippen LogP contribution is 2.27. The second kappa shape index (κ2) is 8.82. The monoisotopic (exact) mass is 470 g/mol. The topological polar surface area (TPSA) is 132 Å². The zero-order chi connectivity index (χ0) is 23.7. The minimum absolute atomic E-state index is 0.0941. The van der Waals surface area contributed by atoms with Crippen molar-refractivity contribution >= 4 is 23.2 Å². The summed E-state index contributed by atoms with van der Waals surface area (Å²) in [5, 5.41) is 10.9. The van der Waals surface area contributed by atoms with E-state index in [9.17, 15) is 13.2 Å². The van der Waals surface area contributed by atoms with Crippen LogP contribution in [0.2, 0.25) is 0 Å². The zero-order valence-corrected chi connectivity index (χ0v) is 17.9. The summed E-state index contributed by atoms with van der Waals surface area (Å²) in [7, 11) is 0. The molecule has 0 aliphatic heterocycles. The van der Waals surface area contributed by atoms with E-state index in [4.69, 9.17) is 5.73 Å². The average Bonchev–Trinajstić information content (AvgIpc) is 3.24. The maximum Gasteiger partial charge on any atom is 0.434 e. The highest BCUT2D eigenvalue weighted by Gasteiger charge is 2.32. The summed E-state index contributed by atoms with van der Waals surface area (Å²) in [6, 6.07) is 4.39. The molecule has 5 rings (SSSR count). The van der Waals surface area contributed by atoms with Gasteiger partial charge in [-0.1, -0.05) is 0 Å². The van der Waals surface area contributed by atoms with Crippen LogP contribution in [0.1, 0.15) is 31.4 Å². The summed E-state index contributed by atoms with van der Waals surface area (Å²) < 4.78 is 39.6. The number of hydrogen-bond acceptors (Lipinski definition) is 9. The predicted molar refractivity (Wildman–Crippen MR) is 118 cm³/mol. The predicted octanol–water partition coefficient (Wildman–Crippen LogP) is 3.42. The van der Waals surface area contributed by atoms with Crippen LogP contribution >= 0.6 is 0 Å². The van der Waals surface area contributed by atoms with Gasteiger partial charge in [-0.3, -0.25) is 0 Å². The van der Waals surface area contributed by atoms with E-state index in [-0.39, 0.29) is 17.8 Å². The van der Waals surface area contributed by atoms with E-state index in [2.05, 4.69) is 40.7 Å². The molecule has 176 valence electrons. The highest BCUT2D eigenvalue weighted by atomic mass is 19.4. The quantitative estimate of drug-likeness (QED) is 0.401. The first-order chi connectivity index (χ1) is 16.3. The molecule has 4 N–H and O–H groups in total. The van der Waals surface area contributed by atoms with E-state index in [1.54, 1.807) is 23.1 Å². The molecule has 0 bridgehead atoms. The first-order valence-corrected chi connectivity index (χ1v) is 10.7. The van der Waals surface area contributed by atoms with Gasteiger partial charge in [0, 0.05) is 30.0 Å². The number of rotatable bonds is 5. The van der Waals surface area contributed by atoms with Crippen molar-refractivity contribution in [2.75, 3.05) is 10.6 Å². The maximum atomic E-state index is 12.6. The Bertz CT molecular complexity index is 1260. The molecule has 0 saturated heterocycles. The van der Waals surface area contributed by atoms with E-state index < -0.39 is 11.9 Å². The summed E-state index contributed by atoms with van der Waals surface area (Å²) in [5.41, 5.74) is 6.96. The Balaban J connectivity index is 1.31. The van der Waals surface area contributed by atoms with Gasteiger partial charge < -0.3 is 16.4 Å². The van der Waals surface area contributed by atoms with Crippen LogP contribution in [0, 0.1) is 0 Å². The molecule has 1 aliphatic carbocycles. The number of imidazole rings is 1. The second-order valence-electron chi connectivity index (χ2n) is 8.09. The molecule has 34 heavy (non-hydrogen) atoms. The Morgan fingerprint density at radius 2 is 1.62 bits per heavy atom. The van der Waals surface area contributed by atoms with Gasteiger partial charge in [0.05, 0.1) is 24.3 Å². The normalized spacial score (nSPS) is 18.7. The molecule has 1 fully saturated rings. The summed E-state index contributed by atoms with van der Waals surface area (Å²) in [6.45, 7) is 0. The van der Waals surface area contributed by atoms with Crippen LogP contribution in [0.5, 0.6) is 0 Å². The molecule has 0 radical (unpaired) electrons. The number of hydrogen-bond donors (Lipinski definition) is 3. The third kappa shape index (κ3) is 4.73. The highest BCUT2D eigenvalue weighted by molar-refractivity contribution is 5.63. The molecule has 4 aromatic heterocycles. The third-order valence-electron chi connectivity index (χ3n) is 5.62. The fraction of sp³-hybridized carbons (Fsp3) is 0.333. The molecule has 0 amide bonds. The Kier molecular flexibility index (Phi) is 5.69. The van der Waals surface area contributed by atoms with Gasteiger partial charge in [-0.05, 0) is 37.8 Å².